The number of rotatable bonds is 6. The third kappa shape index (κ3) is 4.20. The highest BCUT2D eigenvalue weighted by Crippen LogP contribution is 2.35. The Bertz CT molecular complexity index is 1060. The average molecular weight is 431 g/mol. The molecule has 10 heteroatoms. The number of sulfonamides is 1. The standard InChI is InChI=1S/C17H13ClF2N2O3S2/c1-10(11-4-2-3-5-12(11)19)25-13-6-7-14(16(20)15(13)18)27(23,24)22-17-21-8-9-26-17/h2-10H,1H3,(H,21,22)/t10-/m0/s1. The highest BCUT2D eigenvalue weighted by molar-refractivity contribution is 7.93. The van der Waals surface area contributed by atoms with Gasteiger partial charge < -0.3 is 4.74 Å². The first kappa shape index (κ1) is 19.5. The van der Waals surface area contributed by atoms with Gasteiger partial charge >= 0.3 is 0 Å². The zero-order chi connectivity index (χ0) is 19.6. The largest absolute Gasteiger partial charge is 0.484 e. The van der Waals surface area contributed by atoms with Crippen LogP contribution in [0.15, 0.2) is 52.9 Å². The number of anilines is 1. The summed E-state index contributed by atoms with van der Waals surface area (Å²) in [5.74, 6) is -1.74. The molecule has 0 radical (unpaired) electrons. The van der Waals surface area contributed by atoms with Crippen molar-refractivity contribution in [2.24, 2.45) is 0 Å². The van der Waals surface area contributed by atoms with E-state index < -0.39 is 37.7 Å². The molecule has 0 spiro atoms. The predicted molar refractivity (Wildman–Crippen MR) is 99.8 cm³/mol. The molecule has 1 heterocycles. The Morgan fingerprint density at radius 2 is 1.96 bits per heavy atom. The van der Waals surface area contributed by atoms with Crippen molar-refractivity contribution < 1.29 is 21.9 Å². The van der Waals surface area contributed by atoms with Crippen LogP contribution in [0.3, 0.4) is 0 Å². The maximum atomic E-state index is 14.6. The van der Waals surface area contributed by atoms with Crippen LogP contribution in [-0.4, -0.2) is 13.4 Å². The molecule has 3 aromatic rings. The first-order valence-electron chi connectivity index (χ1n) is 7.61. The normalized spacial score (nSPS) is 12.6. The number of hydrogen-bond acceptors (Lipinski definition) is 5. The van der Waals surface area contributed by atoms with Crippen molar-refractivity contribution >= 4 is 38.1 Å². The summed E-state index contributed by atoms with van der Waals surface area (Å²) >= 11 is 7.01. The van der Waals surface area contributed by atoms with Crippen LogP contribution in [0.5, 0.6) is 5.75 Å². The number of aromatic nitrogens is 1. The van der Waals surface area contributed by atoms with E-state index >= 15 is 0 Å². The minimum Gasteiger partial charge on any atom is -0.484 e. The fourth-order valence-corrected chi connectivity index (χ4v) is 4.45. The molecule has 0 saturated heterocycles. The summed E-state index contributed by atoms with van der Waals surface area (Å²) in [6, 6.07) is 8.23. The van der Waals surface area contributed by atoms with E-state index in [9.17, 15) is 17.2 Å². The lowest BCUT2D eigenvalue weighted by Gasteiger charge is -2.17. The molecule has 5 nitrogen and oxygen atoms in total. The van der Waals surface area contributed by atoms with Gasteiger partial charge in [0.2, 0.25) is 0 Å². The number of nitrogens with one attached hydrogen (secondary N) is 1. The molecule has 2 aromatic carbocycles. The molecular formula is C17H13ClF2N2O3S2. The SMILES string of the molecule is C[C@H](Oc1ccc(S(=O)(=O)Nc2nccs2)c(F)c1Cl)c1ccccc1F. The first-order valence-corrected chi connectivity index (χ1v) is 10.3. The molecule has 1 aromatic heterocycles. The van der Waals surface area contributed by atoms with Crippen LogP contribution in [0.1, 0.15) is 18.6 Å². The summed E-state index contributed by atoms with van der Waals surface area (Å²) in [6.45, 7) is 1.57. The third-order valence-electron chi connectivity index (χ3n) is 3.60. The second-order valence-electron chi connectivity index (χ2n) is 5.41. The van der Waals surface area contributed by atoms with E-state index in [1.54, 1.807) is 18.4 Å². The Morgan fingerprint density at radius 3 is 2.63 bits per heavy atom. The molecule has 0 aliphatic carbocycles. The fraction of sp³-hybridized carbons (Fsp3) is 0.118. The molecule has 27 heavy (non-hydrogen) atoms. The van der Waals surface area contributed by atoms with Gasteiger partial charge in [0, 0.05) is 17.1 Å². The highest BCUT2D eigenvalue weighted by atomic mass is 35.5. The summed E-state index contributed by atoms with van der Waals surface area (Å²) in [7, 11) is -4.22. The van der Waals surface area contributed by atoms with Gasteiger partial charge in [0.05, 0.1) is 0 Å². The Morgan fingerprint density at radius 1 is 1.22 bits per heavy atom. The molecule has 0 aliphatic rings. The number of thiazole rings is 1. The van der Waals surface area contributed by atoms with Crippen molar-refractivity contribution in [2.75, 3.05) is 4.72 Å². The summed E-state index contributed by atoms with van der Waals surface area (Å²) in [5.41, 5.74) is 0.260. The van der Waals surface area contributed by atoms with Crippen LogP contribution in [-0.2, 0) is 10.0 Å². The molecule has 0 aliphatic heterocycles. The van der Waals surface area contributed by atoms with Gasteiger partial charge in [0.25, 0.3) is 10.0 Å². The van der Waals surface area contributed by atoms with Crippen LogP contribution in [0.4, 0.5) is 13.9 Å². The number of halogens is 3. The lowest BCUT2D eigenvalue weighted by atomic mass is 10.1. The maximum absolute atomic E-state index is 14.6. The van der Waals surface area contributed by atoms with Gasteiger partial charge in [-0.3, -0.25) is 4.72 Å². The Kier molecular flexibility index (Phi) is 5.64. The first-order chi connectivity index (χ1) is 12.8. The van der Waals surface area contributed by atoms with E-state index in [1.165, 1.54) is 30.5 Å². The smallest absolute Gasteiger partial charge is 0.266 e. The summed E-state index contributed by atoms with van der Waals surface area (Å²) in [4.78, 5) is 3.15. The Hall–Kier alpha value is -2.23. The molecule has 1 N–H and O–H groups in total. The van der Waals surface area contributed by atoms with Crippen LogP contribution >= 0.6 is 22.9 Å². The average Bonchev–Trinajstić information content (AvgIpc) is 3.11. The van der Waals surface area contributed by atoms with Crippen LogP contribution in [0, 0.1) is 11.6 Å². The molecular weight excluding hydrogens is 418 g/mol. The van der Waals surface area contributed by atoms with Crippen molar-refractivity contribution in [2.45, 2.75) is 17.9 Å². The molecule has 142 valence electrons. The molecule has 0 saturated carbocycles. The van der Waals surface area contributed by atoms with E-state index in [2.05, 4.69) is 9.71 Å². The highest BCUT2D eigenvalue weighted by Gasteiger charge is 2.25. The summed E-state index contributed by atoms with van der Waals surface area (Å²) in [5, 5.41) is 1.15. The van der Waals surface area contributed by atoms with Crippen LogP contribution in [0.25, 0.3) is 0 Å². The van der Waals surface area contributed by atoms with Gasteiger partial charge in [0.1, 0.15) is 27.6 Å². The quantitative estimate of drug-likeness (QED) is 0.596. The van der Waals surface area contributed by atoms with E-state index in [1.807, 2.05) is 0 Å². The monoisotopic (exact) mass is 430 g/mol. The molecule has 0 amide bonds. The number of benzene rings is 2. The zero-order valence-electron chi connectivity index (χ0n) is 13.8. The second-order valence-corrected chi connectivity index (χ2v) is 8.34. The Labute approximate surface area is 163 Å². The van der Waals surface area contributed by atoms with E-state index in [4.69, 9.17) is 16.3 Å². The number of hydrogen-bond donors (Lipinski definition) is 1. The zero-order valence-corrected chi connectivity index (χ0v) is 16.2. The van der Waals surface area contributed by atoms with Gasteiger partial charge in [-0.1, -0.05) is 29.8 Å². The Balaban J connectivity index is 1.88. The molecule has 1 atom stereocenters. The van der Waals surface area contributed by atoms with E-state index in [0.717, 1.165) is 17.4 Å². The van der Waals surface area contributed by atoms with E-state index in [0.29, 0.717) is 0 Å². The molecule has 0 bridgehead atoms. The van der Waals surface area contributed by atoms with Gasteiger partial charge in [-0.15, -0.1) is 11.3 Å². The van der Waals surface area contributed by atoms with Crippen molar-refractivity contribution in [1.29, 1.82) is 0 Å². The summed E-state index contributed by atoms with van der Waals surface area (Å²) < 4.78 is 60.8. The lowest BCUT2D eigenvalue weighted by molar-refractivity contribution is 0.220. The van der Waals surface area contributed by atoms with Crippen molar-refractivity contribution in [3.8, 4) is 5.75 Å². The van der Waals surface area contributed by atoms with Gasteiger partial charge in [-0.05, 0) is 25.1 Å². The van der Waals surface area contributed by atoms with Gasteiger partial charge in [-0.2, -0.15) is 0 Å². The lowest BCUT2D eigenvalue weighted by Crippen LogP contribution is -2.15. The predicted octanol–water partition coefficient (Wildman–Crippen LogP) is 5.02. The second kappa shape index (κ2) is 7.79. The van der Waals surface area contributed by atoms with Gasteiger partial charge in [0.15, 0.2) is 10.9 Å². The molecule has 3 rings (SSSR count). The third-order valence-corrected chi connectivity index (χ3v) is 6.13. The van der Waals surface area contributed by atoms with Crippen LogP contribution < -0.4 is 9.46 Å². The minimum absolute atomic E-state index is 0.0963. The van der Waals surface area contributed by atoms with Crippen molar-refractivity contribution in [3.63, 3.8) is 0 Å². The summed E-state index contributed by atoms with van der Waals surface area (Å²) in [6.07, 6.45) is 0.645. The number of ether oxygens (including phenoxy) is 1. The minimum atomic E-state index is -4.22. The van der Waals surface area contributed by atoms with E-state index in [-0.39, 0.29) is 16.4 Å². The van der Waals surface area contributed by atoms with Crippen LogP contribution in [0.2, 0.25) is 5.02 Å². The fourth-order valence-electron chi connectivity index (χ4n) is 2.32. The van der Waals surface area contributed by atoms with Gasteiger partial charge in [-0.25, -0.2) is 22.2 Å². The van der Waals surface area contributed by atoms with Crippen molar-refractivity contribution in [3.05, 3.63) is 70.2 Å². The number of nitrogens with zero attached hydrogens (tertiary/aromatic N) is 1. The maximum Gasteiger partial charge on any atom is 0.266 e. The molecule has 0 unspecified atom stereocenters. The van der Waals surface area contributed by atoms with Crippen molar-refractivity contribution in [1.82, 2.24) is 4.98 Å². The topological polar surface area (TPSA) is 68.3 Å². The molecule has 0 fully saturated rings.